The molecule has 1 aliphatic rings. The van der Waals surface area contributed by atoms with E-state index in [1.165, 1.54) is 28.6 Å². The average Bonchev–Trinajstić information content (AvgIpc) is 3.32. The third-order valence-corrected chi connectivity index (χ3v) is 7.16. The number of hydrazine groups is 1. The first-order chi connectivity index (χ1) is 16.9. The van der Waals surface area contributed by atoms with Crippen molar-refractivity contribution in [3.05, 3.63) is 83.9 Å². The highest BCUT2D eigenvalue weighted by atomic mass is 32.2. The molecule has 1 heterocycles. The molecule has 0 bridgehead atoms. The highest BCUT2D eigenvalue weighted by Crippen LogP contribution is 2.32. The van der Waals surface area contributed by atoms with Gasteiger partial charge in [0.25, 0.3) is 21.8 Å². The number of carbonyl (C=O) groups excluding carboxylic acids is 2. The Hall–Kier alpha value is -4.05. The second-order valence-electron chi connectivity index (χ2n) is 7.65. The highest BCUT2D eigenvalue weighted by Gasteiger charge is 2.31. The predicted molar refractivity (Wildman–Crippen MR) is 130 cm³/mol. The van der Waals surface area contributed by atoms with Crippen molar-refractivity contribution in [3.8, 4) is 11.5 Å². The third-order valence-electron chi connectivity index (χ3n) is 5.35. The van der Waals surface area contributed by atoms with Crippen LogP contribution in [-0.2, 0) is 21.2 Å². The maximum absolute atomic E-state index is 13.2. The zero-order valence-electron chi connectivity index (χ0n) is 19.1. The number of nitrogens with zero attached hydrogens (tertiary/aromatic N) is 1. The molecule has 3 aromatic carbocycles. The maximum atomic E-state index is 13.2. The van der Waals surface area contributed by atoms with Crippen LogP contribution in [-0.4, -0.2) is 40.0 Å². The van der Waals surface area contributed by atoms with Crippen molar-refractivity contribution in [2.24, 2.45) is 0 Å². The Balaban J connectivity index is 1.38. The standard InChI is InChI=1S/C25H25N3O6S/c1-2-33-22-12-5-6-13-23(22)34-17-24(29)26-27-25(30)19-9-7-10-20(16-19)35(31,32)28-15-14-18-8-3-4-11-21(18)28/h3-13,16H,2,14-15,17H2,1H3,(H,26,29)(H,27,30). The Labute approximate surface area is 203 Å². The molecule has 0 fully saturated rings. The number of fused-ring (bicyclic) bond motifs is 1. The number of benzene rings is 3. The molecule has 0 aliphatic carbocycles. The molecule has 2 amide bonds. The number of anilines is 1. The molecule has 182 valence electrons. The second kappa shape index (κ2) is 10.5. The summed E-state index contributed by atoms with van der Waals surface area (Å²) in [5.41, 5.74) is 6.23. The van der Waals surface area contributed by atoms with E-state index < -0.39 is 21.8 Å². The van der Waals surface area contributed by atoms with Gasteiger partial charge < -0.3 is 9.47 Å². The summed E-state index contributed by atoms with van der Waals surface area (Å²) in [7, 11) is -3.85. The third kappa shape index (κ3) is 5.38. The fourth-order valence-electron chi connectivity index (χ4n) is 3.70. The number of para-hydroxylation sites is 3. The van der Waals surface area contributed by atoms with Gasteiger partial charge in [0.2, 0.25) is 0 Å². The SMILES string of the molecule is CCOc1ccccc1OCC(=O)NNC(=O)c1cccc(S(=O)(=O)N2CCc3ccccc32)c1. The van der Waals surface area contributed by atoms with Gasteiger partial charge in [-0.15, -0.1) is 0 Å². The van der Waals surface area contributed by atoms with Crippen LogP contribution in [0.25, 0.3) is 0 Å². The molecule has 35 heavy (non-hydrogen) atoms. The maximum Gasteiger partial charge on any atom is 0.276 e. The molecule has 2 N–H and O–H groups in total. The molecule has 1 aliphatic heterocycles. The summed E-state index contributed by atoms with van der Waals surface area (Å²) in [6.07, 6.45) is 0.624. The minimum atomic E-state index is -3.85. The molecule has 0 radical (unpaired) electrons. The second-order valence-corrected chi connectivity index (χ2v) is 9.52. The Morgan fingerprint density at radius 1 is 0.914 bits per heavy atom. The van der Waals surface area contributed by atoms with Crippen LogP contribution in [0.3, 0.4) is 0 Å². The summed E-state index contributed by atoms with van der Waals surface area (Å²) < 4.78 is 38.7. The van der Waals surface area contributed by atoms with Crippen molar-refractivity contribution >= 4 is 27.5 Å². The molecule has 0 aromatic heterocycles. The Kier molecular flexibility index (Phi) is 7.21. The lowest BCUT2D eigenvalue weighted by molar-refractivity contribution is -0.123. The molecule has 4 rings (SSSR count). The highest BCUT2D eigenvalue weighted by molar-refractivity contribution is 7.92. The number of ether oxygens (including phenoxy) is 2. The van der Waals surface area contributed by atoms with E-state index in [9.17, 15) is 18.0 Å². The zero-order valence-corrected chi connectivity index (χ0v) is 19.9. The first-order valence-electron chi connectivity index (χ1n) is 11.0. The lowest BCUT2D eigenvalue weighted by atomic mass is 10.2. The van der Waals surface area contributed by atoms with Crippen LogP contribution in [0.2, 0.25) is 0 Å². The van der Waals surface area contributed by atoms with Crippen LogP contribution in [0.1, 0.15) is 22.8 Å². The van der Waals surface area contributed by atoms with Gasteiger partial charge in [-0.2, -0.15) is 0 Å². The lowest BCUT2D eigenvalue weighted by Gasteiger charge is -2.20. The average molecular weight is 496 g/mol. The van der Waals surface area contributed by atoms with Gasteiger partial charge in [0.15, 0.2) is 18.1 Å². The number of amides is 2. The Morgan fingerprint density at radius 3 is 2.40 bits per heavy atom. The van der Waals surface area contributed by atoms with E-state index in [0.29, 0.717) is 36.8 Å². The molecular formula is C25H25N3O6S. The van der Waals surface area contributed by atoms with Crippen LogP contribution >= 0.6 is 0 Å². The largest absolute Gasteiger partial charge is 0.490 e. The molecule has 10 heteroatoms. The van der Waals surface area contributed by atoms with E-state index in [4.69, 9.17) is 9.47 Å². The van der Waals surface area contributed by atoms with Gasteiger partial charge in [0.05, 0.1) is 17.2 Å². The van der Waals surface area contributed by atoms with E-state index in [1.807, 2.05) is 19.1 Å². The van der Waals surface area contributed by atoms with Crippen LogP contribution in [0.15, 0.2) is 77.7 Å². The summed E-state index contributed by atoms with van der Waals surface area (Å²) >= 11 is 0. The molecule has 0 spiro atoms. The van der Waals surface area contributed by atoms with E-state index in [0.717, 1.165) is 5.56 Å². The predicted octanol–water partition coefficient (Wildman–Crippen LogP) is 2.68. The van der Waals surface area contributed by atoms with Crippen LogP contribution in [0.5, 0.6) is 11.5 Å². The number of sulfonamides is 1. The molecule has 0 saturated heterocycles. The summed E-state index contributed by atoms with van der Waals surface area (Å²) in [4.78, 5) is 24.7. The van der Waals surface area contributed by atoms with Gasteiger partial charge in [0, 0.05) is 12.1 Å². The minimum Gasteiger partial charge on any atom is -0.490 e. The zero-order chi connectivity index (χ0) is 24.8. The van der Waals surface area contributed by atoms with E-state index in [-0.39, 0.29) is 17.1 Å². The molecule has 0 unspecified atom stereocenters. The first kappa shape index (κ1) is 24.1. The normalized spacial score (nSPS) is 12.5. The van der Waals surface area contributed by atoms with Crippen molar-refractivity contribution in [1.29, 1.82) is 0 Å². The summed E-state index contributed by atoms with van der Waals surface area (Å²) in [5, 5.41) is 0. The molecule has 0 atom stereocenters. The summed E-state index contributed by atoms with van der Waals surface area (Å²) in [6.45, 7) is 2.26. The van der Waals surface area contributed by atoms with E-state index in [1.54, 1.807) is 36.4 Å². The van der Waals surface area contributed by atoms with Crippen molar-refractivity contribution in [2.75, 3.05) is 24.1 Å². The quantitative estimate of drug-likeness (QED) is 0.465. The Morgan fingerprint density at radius 2 is 1.63 bits per heavy atom. The van der Waals surface area contributed by atoms with Crippen LogP contribution in [0, 0.1) is 0 Å². The topological polar surface area (TPSA) is 114 Å². The minimum absolute atomic E-state index is 0.0101. The number of hydrogen-bond donors (Lipinski definition) is 2. The van der Waals surface area contributed by atoms with Crippen molar-refractivity contribution in [3.63, 3.8) is 0 Å². The van der Waals surface area contributed by atoms with Gasteiger partial charge in [-0.3, -0.25) is 24.7 Å². The fraction of sp³-hybridized carbons (Fsp3) is 0.200. The molecule has 9 nitrogen and oxygen atoms in total. The number of rotatable bonds is 8. The number of nitrogens with one attached hydrogen (secondary N) is 2. The summed E-state index contributed by atoms with van der Waals surface area (Å²) in [5.74, 6) is -0.350. The van der Waals surface area contributed by atoms with Crippen molar-refractivity contribution in [2.45, 2.75) is 18.2 Å². The first-order valence-corrected chi connectivity index (χ1v) is 12.5. The van der Waals surface area contributed by atoms with Crippen molar-refractivity contribution in [1.82, 2.24) is 10.9 Å². The number of hydrogen-bond acceptors (Lipinski definition) is 6. The van der Waals surface area contributed by atoms with Crippen LogP contribution in [0.4, 0.5) is 5.69 Å². The van der Waals surface area contributed by atoms with Gasteiger partial charge in [0.1, 0.15) is 0 Å². The molecule has 0 saturated carbocycles. The van der Waals surface area contributed by atoms with Crippen molar-refractivity contribution < 1.29 is 27.5 Å². The van der Waals surface area contributed by atoms with E-state index in [2.05, 4.69) is 10.9 Å². The van der Waals surface area contributed by atoms with Gasteiger partial charge in [-0.1, -0.05) is 36.4 Å². The van der Waals surface area contributed by atoms with Crippen LogP contribution < -0.4 is 24.6 Å². The Bertz CT molecular complexity index is 1340. The summed E-state index contributed by atoms with van der Waals surface area (Å²) in [6, 6.07) is 19.9. The van der Waals surface area contributed by atoms with Gasteiger partial charge in [-0.25, -0.2) is 8.42 Å². The molecule has 3 aromatic rings. The smallest absolute Gasteiger partial charge is 0.276 e. The monoisotopic (exact) mass is 495 g/mol. The lowest BCUT2D eigenvalue weighted by Crippen LogP contribution is -2.43. The molecular weight excluding hydrogens is 470 g/mol. The van der Waals surface area contributed by atoms with Gasteiger partial charge in [-0.05, 0) is 55.3 Å². The van der Waals surface area contributed by atoms with Gasteiger partial charge >= 0.3 is 0 Å². The van der Waals surface area contributed by atoms with E-state index >= 15 is 0 Å². The number of carbonyl (C=O) groups is 2. The fourth-order valence-corrected chi connectivity index (χ4v) is 5.25.